The molecule has 27 aromatic rings. The third-order valence-corrected chi connectivity index (χ3v) is 35.5. The van der Waals surface area contributed by atoms with E-state index in [0.717, 1.165) is 222 Å². The van der Waals surface area contributed by atoms with Gasteiger partial charge in [-0.3, -0.25) is 23.2 Å². The Morgan fingerprint density at radius 2 is 0.581 bits per heavy atom. The molecule has 0 spiro atoms. The van der Waals surface area contributed by atoms with Gasteiger partial charge in [0.15, 0.2) is 21.4 Å². The monoisotopic (exact) mass is 1710 g/mol. The summed E-state index contributed by atoms with van der Waals surface area (Å²) in [6.07, 6.45) is 6.96. The van der Waals surface area contributed by atoms with Gasteiger partial charge < -0.3 is 13.7 Å². The maximum atomic E-state index is 16.4. The molecule has 0 saturated carbocycles. The van der Waals surface area contributed by atoms with Crippen molar-refractivity contribution in [1.82, 2.24) is 38.1 Å². The van der Waals surface area contributed by atoms with E-state index in [1.54, 1.807) is 24.8 Å². The van der Waals surface area contributed by atoms with Crippen LogP contribution in [0, 0.1) is 0 Å². The molecule has 27 rings (SSSR count). The molecule has 0 bridgehead atoms. The fourth-order valence-electron chi connectivity index (χ4n) is 20.4. The first-order valence-electron chi connectivity index (χ1n) is 43.2. The van der Waals surface area contributed by atoms with Crippen LogP contribution in [0.3, 0.4) is 0 Å². The molecule has 0 aliphatic rings. The molecule has 3 unspecified atom stereocenters. The van der Waals surface area contributed by atoms with Crippen LogP contribution in [-0.2, 0) is 13.7 Å². The highest BCUT2D eigenvalue weighted by Gasteiger charge is 2.38. The van der Waals surface area contributed by atoms with Crippen LogP contribution in [0.25, 0.3) is 180 Å². The topological polar surface area (TPSA) is 129 Å². The predicted octanol–water partition coefficient (Wildman–Crippen LogP) is 25.0. The van der Waals surface area contributed by atoms with Gasteiger partial charge in [-0.15, -0.1) is 0 Å². The predicted molar refractivity (Wildman–Crippen MR) is 542 cm³/mol. The quantitative estimate of drug-likeness (QED) is 0.103. The van der Waals surface area contributed by atoms with Crippen LogP contribution in [0.1, 0.15) is 0 Å². The van der Waals surface area contributed by atoms with Crippen molar-refractivity contribution in [2.24, 2.45) is 0 Å². The molecule has 606 valence electrons. The van der Waals surface area contributed by atoms with Crippen LogP contribution >= 0.6 is 21.4 Å². The zero-order valence-electron chi connectivity index (χ0n) is 69.3. The lowest BCUT2D eigenvalue weighted by Gasteiger charge is -2.24. The van der Waals surface area contributed by atoms with E-state index in [4.69, 9.17) is 15.0 Å². The third-order valence-electron chi connectivity index (χ3n) is 26.2. The first kappa shape index (κ1) is 75.7. The molecular weight excluding hydrogens is 1630 g/mol. The van der Waals surface area contributed by atoms with E-state index in [0.29, 0.717) is 5.30 Å². The molecular formula is C115H73N8O3P3. The van der Waals surface area contributed by atoms with E-state index >= 15 is 13.7 Å². The zero-order valence-corrected chi connectivity index (χ0v) is 72.0. The highest BCUT2D eigenvalue weighted by molar-refractivity contribution is 7.87. The number of para-hydroxylation sites is 6. The van der Waals surface area contributed by atoms with Crippen LogP contribution in [0.4, 0.5) is 0 Å². The molecule has 0 fully saturated rings. The van der Waals surface area contributed by atoms with Crippen LogP contribution < -0.4 is 47.7 Å². The van der Waals surface area contributed by atoms with Gasteiger partial charge in [0.1, 0.15) is 16.9 Å². The number of pyridine rings is 5. The Morgan fingerprint density at radius 1 is 0.194 bits per heavy atom. The summed E-state index contributed by atoms with van der Waals surface area (Å²) >= 11 is 0. The Bertz CT molecular complexity index is 9500. The fourth-order valence-corrected chi connectivity index (χ4v) is 29.2. The van der Waals surface area contributed by atoms with Crippen LogP contribution in [0.5, 0.6) is 0 Å². The number of benzene rings is 19. The smallest absolute Gasteiger partial charge is 0.173 e. The van der Waals surface area contributed by atoms with E-state index in [9.17, 15) is 0 Å². The van der Waals surface area contributed by atoms with Gasteiger partial charge in [0.25, 0.3) is 0 Å². The Labute approximate surface area is 738 Å². The second-order valence-corrected chi connectivity index (χ2v) is 41.2. The fraction of sp³-hybridized carbons (Fsp3) is 0. The maximum absolute atomic E-state index is 16.4. The molecule has 19 aromatic carbocycles. The number of nitrogens with zero attached hydrogens (tertiary/aromatic N) is 8. The Hall–Kier alpha value is -15.9. The molecule has 3 atom stereocenters. The number of imidazole rings is 3. The molecule has 0 amide bonds. The molecule has 11 nitrogen and oxygen atoms in total. The molecule has 0 saturated heterocycles. The van der Waals surface area contributed by atoms with E-state index in [1.807, 2.05) is 146 Å². The van der Waals surface area contributed by atoms with Crippen molar-refractivity contribution < 1.29 is 13.7 Å². The molecule has 0 N–H and O–H groups in total. The van der Waals surface area contributed by atoms with Crippen molar-refractivity contribution in [1.29, 1.82) is 0 Å². The van der Waals surface area contributed by atoms with E-state index in [-0.39, 0.29) is 0 Å². The highest BCUT2D eigenvalue weighted by atomic mass is 31.2. The highest BCUT2D eigenvalue weighted by Crippen LogP contribution is 2.52. The molecule has 0 aliphatic heterocycles. The van der Waals surface area contributed by atoms with E-state index in [2.05, 4.69) is 296 Å². The molecule has 0 aliphatic carbocycles. The normalized spacial score (nSPS) is 13.4. The minimum atomic E-state index is -3.42. The molecule has 8 aromatic heterocycles. The van der Waals surface area contributed by atoms with Gasteiger partial charge in [-0.25, -0.2) is 15.0 Å². The van der Waals surface area contributed by atoms with Crippen molar-refractivity contribution in [3.05, 3.63) is 443 Å². The van der Waals surface area contributed by atoms with Gasteiger partial charge in [0.2, 0.25) is 0 Å². The van der Waals surface area contributed by atoms with Crippen LogP contribution in [0.2, 0.25) is 0 Å². The van der Waals surface area contributed by atoms with Gasteiger partial charge in [-0.05, 0) is 150 Å². The average Bonchev–Trinajstić information content (AvgIpc) is 1.66. The maximum Gasteiger partial charge on any atom is 0.173 e. The van der Waals surface area contributed by atoms with E-state index < -0.39 is 21.4 Å². The number of hydrogen-bond acceptors (Lipinski definition) is 8. The van der Waals surface area contributed by atoms with Crippen molar-refractivity contribution in [2.75, 3.05) is 0 Å². The lowest BCUT2D eigenvalue weighted by molar-refractivity contribution is 0.592. The van der Waals surface area contributed by atoms with E-state index in [1.165, 1.54) is 0 Å². The summed E-state index contributed by atoms with van der Waals surface area (Å²) in [7, 11) is -10.1. The van der Waals surface area contributed by atoms with Gasteiger partial charge >= 0.3 is 0 Å². The molecule has 14 heteroatoms. The van der Waals surface area contributed by atoms with Crippen molar-refractivity contribution >= 4 is 249 Å². The minimum Gasteiger partial charge on any atom is -0.309 e. The number of rotatable bonds is 9. The molecule has 129 heavy (non-hydrogen) atoms. The summed E-state index contributed by atoms with van der Waals surface area (Å²) in [5.74, 6) is 0. The zero-order chi connectivity index (χ0) is 85.6. The summed E-state index contributed by atoms with van der Waals surface area (Å²) < 4.78 is 55.1. The molecule has 8 heterocycles. The average molecular weight is 1710 g/mol. The van der Waals surface area contributed by atoms with Crippen molar-refractivity contribution in [3.63, 3.8) is 0 Å². The van der Waals surface area contributed by atoms with Crippen molar-refractivity contribution in [2.45, 2.75) is 0 Å². The second kappa shape index (κ2) is 29.9. The lowest BCUT2D eigenvalue weighted by atomic mass is 10.0. The first-order chi connectivity index (χ1) is 63.7. The standard InChI is InChI=1S/C43H27N2OP.C38H24N3OP.C34H22N3OP/c46-47(31-24-23-28-11-1-2-13-30(28)27-31,40-21-9-14-29-12-3-4-15-32(29)40)41-22-10-18-35-34(41)25-26-36-33-16-5-6-17-37(33)43-44-38-19-7-8-20-39(38)45(43)42(35)36;42-43(27-19-21-39-22-20-27,28-18-17-25-9-1-2-10-26(25)23-28)36-24-33-29-11-3-6-14-32(29)38-40-34-15-7-8-16-35(34)41(38)37(33)31-13-5-4-12-30(31)36;38-39(24-12-2-1-3-13-24,25-14-10-20-35-22-25)31-21-23-11-4-5-15-26(23)33-32(31)27-16-6-7-17-28(27)34-36-29-18-8-9-19-30(29)37(33)34/h1-27H;1-24H;1-22H. The number of aromatic nitrogens is 8. The summed E-state index contributed by atoms with van der Waals surface area (Å²) in [6, 6.07) is 143. The second-order valence-electron chi connectivity index (χ2n) is 33.1. The lowest BCUT2D eigenvalue weighted by Crippen LogP contribution is -2.26. The van der Waals surface area contributed by atoms with Crippen LogP contribution in [-0.4, -0.2) is 38.1 Å². The number of hydrogen-bond donors (Lipinski definition) is 0. The van der Waals surface area contributed by atoms with Gasteiger partial charge in [0, 0.05) is 121 Å². The van der Waals surface area contributed by atoms with Gasteiger partial charge in [-0.1, -0.05) is 334 Å². The Balaban J connectivity index is 0.000000105. The Kier molecular flexibility index (Phi) is 17.6. The third kappa shape index (κ3) is 11.6. The summed E-state index contributed by atoms with van der Waals surface area (Å²) in [4.78, 5) is 24.0. The Morgan fingerprint density at radius 3 is 1.17 bits per heavy atom. The molecule has 0 radical (unpaired) electrons. The van der Waals surface area contributed by atoms with Crippen LogP contribution in [0.15, 0.2) is 443 Å². The van der Waals surface area contributed by atoms with Gasteiger partial charge in [-0.2, -0.15) is 0 Å². The summed E-state index contributed by atoms with van der Waals surface area (Å²) in [5, 5.41) is 29.6. The van der Waals surface area contributed by atoms with Crippen molar-refractivity contribution in [3.8, 4) is 0 Å². The SMILES string of the molecule is O=P(c1ccc2ccccc2c1)(c1cccc2ccccc12)c1cccc2c1ccc1c3ccccc3c3nc4ccccc4n3c21.O=P(c1ccccc1)(c1cccnc1)c1cc2ccccc2c2c1c1ccccc1c1nc3ccccc3n12.O=P(c1ccncc1)(c1ccc2ccccc2c1)c1cc2c3ccccc3c3nc4ccccc4n3c2c2ccccc12. The summed E-state index contributed by atoms with van der Waals surface area (Å²) in [5.41, 5.74) is 11.9. The van der Waals surface area contributed by atoms with Gasteiger partial charge in [0.05, 0.1) is 49.7 Å². The first-order valence-corrected chi connectivity index (χ1v) is 48.3. The summed E-state index contributed by atoms with van der Waals surface area (Å²) in [6.45, 7) is 0. The largest absolute Gasteiger partial charge is 0.309 e. The minimum absolute atomic E-state index is 0.715. The number of fused-ring (bicyclic) bond motifs is 33.